The van der Waals surface area contributed by atoms with E-state index in [4.69, 9.17) is 5.73 Å². The minimum atomic E-state index is -0.774. The number of hydrogen-bond acceptors (Lipinski definition) is 3. The number of aryl methyl sites for hydroxylation is 1. The molecule has 2 aromatic rings. The van der Waals surface area contributed by atoms with Crippen molar-refractivity contribution in [2.45, 2.75) is 13.5 Å². The molecule has 0 amide bonds. The van der Waals surface area contributed by atoms with E-state index >= 15 is 0 Å². The van der Waals surface area contributed by atoms with Crippen LogP contribution in [0.15, 0.2) is 18.5 Å². The second-order valence-corrected chi connectivity index (χ2v) is 3.29. The summed E-state index contributed by atoms with van der Waals surface area (Å²) >= 11 is 0. The predicted molar refractivity (Wildman–Crippen MR) is 55.5 cm³/mol. The van der Waals surface area contributed by atoms with Gasteiger partial charge < -0.3 is 10.3 Å². The first kappa shape index (κ1) is 10.5. The highest BCUT2D eigenvalue weighted by atomic mass is 19.1. The largest absolute Gasteiger partial charge is 0.396 e. The Balaban J connectivity index is 2.60. The number of aromatic nitrogens is 3. The summed E-state index contributed by atoms with van der Waals surface area (Å²) in [5, 5.41) is 7.46. The van der Waals surface area contributed by atoms with Gasteiger partial charge in [0.05, 0.1) is 11.3 Å². The van der Waals surface area contributed by atoms with Crippen LogP contribution in [0.3, 0.4) is 0 Å². The van der Waals surface area contributed by atoms with E-state index in [1.165, 1.54) is 12.4 Å². The Morgan fingerprint density at radius 3 is 2.75 bits per heavy atom. The normalized spacial score (nSPS) is 10.7. The van der Waals surface area contributed by atoms with Crippen molar-refractivity contribution in [2.75, 3.05) is 5.73 Å². The van der Waals surface area contributed by atoms with Crippen LogP contribution in [0.4, 0.5) is 14.5 Å². The molecule has 16 heavy (non-hydrogen) atoms. The summed E-state index contributed by atoms with van der Waals surface area (Å²) in [6.45, 7) is 2.47. The molecule has 0 radical (unpaired) electrons. The lowest BCUT2D eigenvalue weighted by Gasteiger charge is -2.06. The molecule has 0 aliphatic carbocycles. The van der Waals surface area contributed by atoms with Crippen LogP contribution in [0.2, 0.25) is 0 Å². The number of halogens is 2. The fourth-order valence-electron chi connectivity index (χ4n) is 1.43. The van der Waals surface area contributed by atoms with Crippen molar-refractivity contribution in [1.82, 2.24) is 14.8 Å². The molecule has 84 valence electrons. The fraction of sp³-hybridized carbons (Fsp3) is 0.200. The Kier molecular flexibility index (Phi) is 2.55. The monoisotopic (exact) mass is 224 g/mol. The summed E-state index contributed by atoms with van der Waals surface area (Å²) in [6.07, 6.45) is 1.48. The van der Waals surface area contributed by atoms with E-state index in [9.17, 15) is 8.78 Å². The molecule has 1 aromatic carbocycles. The maximum atomic E-state index is 13.5. The molecule has 2 N–H and O–H groups in total. The molecule has 4 nitrogen and oxygen atoms in total. The van der Waals surface area contributed by atoms with E-state index in [0.717, 1.165) is 6.07 Å². The highest BCUT2D eigenvalue weighted by Crippen LogP contribution is 2.25. The van der Waals surface area contributed by atoms with Gasteiger partial charge in [-0.15, -0.1) is 10.2 Å². The average molecular weight is 224 g/mol. The Bertz CT molecular complexity index is 522. The minimum Gasteiger partial charge on any atom is -0.396 e. The van der Waals surface area contributed by atoms with Crippen molar-refractivity contribution in [3.63, 3.8) is 0 Å². The van der Waals surface area contributed by atoms with E-state index in [1.54, 1.807) is 4.57 Å². The van der Waals surface area contributed by atoms with Gasteiger partial charge in [0.2, 0.25) is 0 Å². The maximum absolute atomic E-state index is 13.5. The van der Waals surface area contributed by atoms with Crippen LogP contribution in [-0.2, 0) is 6.54 Å². The molecule has 1 aromatic heterocycles. The summed E-state index contributed by atoms with van der Waals surface area (Å²) in [6, 6.07) is 1.97. The van der Waals surface area contributed by atoms with Gasteiger partial charge in [-0.1, -0.05) is 0 Å². The maximum Gasteiger partial charge on any atom is 0.166 e. The van der Waals surface area contributed by atoms with Crippen molar-refractivity contribution in [3.8, 4) is 11.4 Å². The summed E-state index contributed by atoms with van der Waals surface area (Å²) in [5.74, 6) is -1.13. The quantitative estimate of drug-likeness (QED) is 0.791. The number of nitrogens with zero attached hydrogens (tertiary/aromatic N) is 3. The summed E-state index contributed by atoms with van der Waals surface area (Å²) in [7, 11) is 0. The molecule has 0 aliphatic heterocycles. The SMILES string of the molecule is CCn1cnnc1-c1cc(N)c(F)cc1F. The Morgan fingerprint density at radius 1 is 1.31 bits per heavy atom. The fourth-order valence-corrected chi connectivity index (χ4v) is 1.43. The topological polar surface area (TPSA) is 56.7 Å². The van der Waals surface area contributed by atoms with Gasteiger partial charge in [0.25, 0.3) is 0 Å². The van der Waals surface area contributed by atoms with Gasteiger partial charge >= 0.3 is 0 Å². The molecule has 0 fully saturated rings. The molecule has 0 aliphatic rings. The number of benzene rings is 1. The molecule has 0 atom stereocenters. The average Bonchev–Trinajstić information content (AvgIpc) is 2.71. The smallest absolute Gasteiger partial charge is 0.166 e. The zero-order valence-electron chi connectivity index (χ0n) is 8.61. The van der Waals surface area contributed by atoms with Crippen LogP contribution in [0.25, 0.3) is 11.4 Å². The van der Waals surface area contributed by atoms with Crippen molar-refractivity contribution >= 4 is 5.69 Å². The van der Waals surface area contributed by atoms with E-state index in [0.29, 0.717) is 12.4 Å². The third kappa shape index (κ3) is 1.62. The van der Waals surface area contributed by atoms with E-state index < -0.39 is 11.6 Å². The second kappa shape index (κ2) is 3.88. The van der Waals surface area contributed by atoms with Crippen LogP contribution in [0.5, 0.6) is 0 Å². The highest BCUT2D eigenvalue weighted by molar-refractivity contribution is 5.62. The second-order valence-electron chi connectivity index (χ2n) is 3.29. The van der Waals surface area contributed by atoms with Gasteiger partial charge in [0, 0.05) is 12.6 Å². The third-order valence-corrected chi connectivity index (χ3v) is 2.28. The molecule has 2 rings (SSSR count). The summed E-state index contributed by atoms with van der Waals surface area (Å²) in [5.41, 5.74) is 5.43. The Labute approximate surface area is 90.7 Å². The van der Waals surface area contributed by atoms with Crippen molar-refractivity contribution in [1.29, 1.82) is 0 Å². The molecule has 0 unspecified atom stereocenters. The van der Waals surface area contributed by atoms with Crippen molar-refractivity contribution in [2.24, 2.45) is 0 Å². The van der Waals surface area contributed by atoms with Crippen LogP contribution in [0, 0.1) is 11.6 Å². The lowest BCUT2D eigenvalue weighted by atomic mass is 10.1. The van der Waals surface area contributed by atoms with Crippen LogP contribution < -0.4 is 5.73 Å². The van der Waals surface area contributed by atoms with E-state index in [1.807, 2.05) is 6.92 Å². The van der Waals surface area contributed by atoms with Gasteiger partial charge in [-0.3, -0.25) is 0 Å². The first-order chi connectivity index (χ1) is 7.63. The van der Waals surface area contributed by atoms with Crippen LogP contribution >= 0.6 is 0 Å². The summed E-state index contributed by atoms with van der Waals surface area (Å²) < 4.78 is 28.2. The van der Waals surface area contributed by atoms with Gasteiger partial charge in [-0.05, 0) is 13.0 Å². The van der Waals surface area contributed by atoms with E-state index in [-0.39, 0.29) is 11.3 Å². The first-order valence-electron chi connectivity index (χ1n) is 4.76. The zero-order valence-corrected chi connectivity index (χ0v) is 8.61. The minimum absolute atomic E-state index is 0.109. The molecule has 0 saturated heterocycles. The first-order valence-corrected chi connectivity index (χ1v) is 4.76. The van der Waals surface area contributed by atoms with Gasteiger partial charge in [0.15, 0.2) is 5.82 Å². The van der Waals surface area contributed by atoms with Gasteiger partial charge in [-0.25, -0.2) is 8.78 Å². The third-order valence-electron chi connectivity index (χ3n) is 2.28. The number of nitrogens with two attached hydrogens (primary N) is 1. The van der Waals surface area contributed by atoms with Gasteiger partial charge in [0.1, 0.15) is 18.0 Å². The molecular formula is C10H10F2N4. The zero-order chi connectivity index (χ0) is 11.7. The Morgan fingerprint density at radius 2 is 2.06 bits per heavy atom. The Hall–Kier alpha value is -1.98. The molecule has 0 saturated carbocycles. The standard InChI is InChI=1S/C10H10F2N4/c1-2-16-5-14-15-10(16)6-3-9(13)8(12)4-7(6)11/h3-5H,2,13H2,1H3. The summed E-state index contributed by atoms with van der Waals surface area (Å²) in [4.78, 5) is 0. The number of nitrogen functional groups attached to an aromatic ring is 1. The number of rotatable bonds is 2. The predicted octanol–water partition coefficient (Wildman–Crippen LogP) is 1.83. The van der Waals surface area contributed by atoms with Crippen molar-refractivity contribution in [3.05, 3.63) is 30.1 Å². The van der Waals surface area contributed by atoms with Crippen LogP contribution in [-0.4, -0.2) is 14.8 Å². The van der Waals surface area contributed by atoms with Crippen molar-refractivity contribution < 1.29 is 8.78 Å². The molecule has 0 spiro atoms. The van der Waals surface area contributed by atoms with Gasteiger partial charge in [-0.2, -0.15) is 0 Å². The molecule has 6 heteroatoms. The number of hydrogen-bond donors (Lipinski definition) is 1. The van der Waals surface area contributed by atoms with E-state index in [2.05, 4.69) is 10.2 Å². The lowest BCUT2D eigenvalue weighted by Crippen LogP contribution is -2.00. The lowest BCUT2D eigenvalue weighted by molar-refractivity contribution is 0.586. The molecule has 0 bridgehead atoms. The number of anilines is 1. The highest BCUT2D eigenvalue weighted by Gasteiger charge is 2.14. The molecule has 1 heterocycles. The molecular weight excluding hydrogens is 214 g/mol. The van der Waals surface area contributed by atoms with Crippen LogP contribution in [0.1, 0.15) is 6.92 Å².